The van der Waals surface area contributed by atoms with Crippen molar-refractivity contribution >= 4 is 15.9 Å². The largest absolute Gasteiger partial charge is 0.272 e. The predicted octanol–water partition coefficient (Wildman–Crippen LogP) is 1.92. The Bertz CT molecular complexity index is 207. The highest BCUT2D eigenvalue weighted by Gasteiger charge is 2.05. The molecule has 0 aliphatic carbocycles. The summed E-state index contributed by atoms with van der Waals surface area (Å²) in [6.45, 7) is 2.17. The summed E-state index contributed by atoms with van der Waals surface area (Å²) in [5.41, 5.74) is 1.27. The fraction of sp³-hybridized carbons (Fsp3) is 0.571. The molecule has 0 aliphatic rings. The van der Waals surface area contributed by atoms with Crippen LogP contribution in [0.15, 0.2) is 12.3 Å². The van der Waals surface area contributed by atoms with Gasteiger partial charge in [-0.3, -0.25) is 4.68 Å². The molecule has 0 spiro atoms. The Morgan fingerprint density at radius 1 is 1.80 bits per heavy atom. The zero-order chi connectivity index (χ0) is 7.56. The van der Waals surface area contributed by atoms with E-state index in [2.05, 4.69) is 28.0 Å². The minimum Gasteiger partial charge on any atom is -0.272 e. The lowest BCUT2D eigenvalue weighted by atomic mass is 10.1. The summed E-state index contributed by atoms with van der Waals surface area (Å²) in [6, 6.07) is 2.05. The molecule has 0 aliphatic heterocycles. The molecule has 0 saturated carbocycles. The number of rotatable bonds is 2. The Kier molecular flexibility index (Phi) is 2.49. The minimum atomic E-state index is 0.549. The quantitative estimate of drug-likeness (QED) is 0.671. The van der Waals surface area contributed by atoms with Gasteiger partial charge in [0.2, 0.25) is 0 Å². The lowest BCUT2D eigenvalue weighted by Crippen LogP contribution is -2.03. The molecule has 1 aromatic rings. The van der Waals surface area contributed by atoms with Gasteiger partial charge in [0, 0.05) is 30.2 Å². The maximum atomic E-state index is 4.08. The molecule has 56 valence electrons. The summed E-state index contributed by atoms with van der Waals surface area (Å²) in [6.07, 6.45) is 1.83. The summed E-state index contributed by atoms with van der Waals surface area (Å²) < 4.78 is 1.91. The molecule has 1 heterocycles. The minimum absolute atomic E-state index is 0.549. The number of hydrogen-bond donors (Lipinski definition) is 0. The van der Waals surface area contributed by atoms with E-state index in [-0.39, 0.29) is 0 Å². The molecule has 3 heteroatoms. The van der Waals surface area contributed by atoms with E-state index < -0.39 is 0 Å². The fourth-order valence-electron chi connectivity index (χ4n) is 0.946. The molecule has 1 rings (SSSR count). The molecule has 2 nitrogen and oxygen atoms in total. The Morgan fingerprint density at radius 2 is 2.50 bits per heavy atom. The molecular formula is C7H11BrN2. The van der Waals surface area contributed by atoms with Crippen molar-refractivity contribution in [1.82, 2.24) is 9.78 Å². The maximum absolute atomic E-state index is 4.08. The van der Waals surface area contributed by atoms with Crippen LogP contribution in [0.25, 0.3) is 0 Å². The molecule has 0 N–H and O–H groups in total. The van der Waals surface area contributed by atoms with Gasteiger partial charge in [0.15, 0.2) is 0 Å². The van der Waals surface area contributed by atoms with Crippen LogP contribution in [0.3, 0.4) is 0 Å². The number of aryl methyl sites for hydroxylation is 1. The summed E-state index contributed by atoms with van der Waals surface area (Å²) in [5, 5.41) is 5.07. The van der Waals surface area contributed by atoms with Gasteiger partial charge >= 0.3 is 0 Å². The second-order valence-corrected chi connectivity index (χ2v) is 3.08. The first kappa shape index (κ1) is 7.79. The average Bonchev–Trinajstić information content (AvgIpc) is 2.34. The third-order valence-corrected chi connectivity index (χ3v) is 2.57. The van der Waals surface area contributed by atoms with Gasteiger partial charge in [-0.15, -0.1) is 0 Å². The molecule has 1 aromatic heterocycles. The van der Waals surface area contributed by atoms with E-state index in [1.165, 1.54) is 5.69 Å². The zero-order valence-corrected chi connectivity index (χ0v) is 7.80. The van der Waals surface area contributed by atoms with Crippen LogP contribution in [0.2, 0.25) is 0 Å². The Hall–Kier alpha value is -0.310. The summed E-state index contributed by atoms with van der Waals surface area (Å²) >= 11 is 3.43. The van der Waals surface area contributed by atoms with Crippen LogP contribution in [-0.2, 0) is 7.05 Å². The van der Waals surface area contributed by atoms with E-state index in [1.54, 1.807) is 0 Å². The number of hydrogen-bond acceptors (Lipinski definition) is 1. The van der Waals surface area contributed by atoms with Crippen LogP contribution in [0, 0.1) is 0 Å². The number of aromatic nitrogens is 2. The summed E-state index contributed by atoms with van der Waals surface area (Å²) in [7, 11) is 1.97. The van der Waals surface area contributed by atoms with Gasteiger partial charge < -0.3 is 0 Å². The Morgan fingerprint density at radius 3 is 2.90 bits per heavy atom. The van der Waals surface area contributed by atoms with E-state index in [1.807, 2.05) is 24.0 Å². The van der Waals surface area contributed by atoms with Crippen molar-refractivity contribution in [3.63, 3.8) is 0 Å². The number of nitrogens with zero attached hydrogens (tertiary/aromatic N) is 2. The van der Waals surface area contributed by atoms with Gasteiger partial charge in [-0.2, -0.15) is 5.10 Å². The second-order valence-electron chi connectivity index (χ2n) is 2.44. The Labute approximate surface area is 69.4 Å². The third kappa shape index (κ3) is 1.40. The van der Waals surface area contributed by atoms with E-state index >= 15 is 0 Å². The molecule has 0 fully saturated rings. The first-order chi connectivity index (χ1) is 4.75. The van der Waals surface area contributed by atoms with Gasteiger partial charge in [-0.1, -0.05) is 22.9 Å². The van der Waals surface area contributed by atoms with E-state index in [0.717, 1.165) is 5.33 Å². The van der Waals surface area contributed by atoms with Gasteiger partial charge in [-0.25, -0.2) is 0 Å². The van der Waals surface area contributed by atoms with Crippen molar-refractivity contribution < 1.29 is 0 Å². The molecular weight excluding hydrogens is 192 g/mol. The van der Waals surface area contributed by atoms with Crippen LogP contribution in [0.4, 0.5) is 0 Å². The van der Waals surface area contributed by atoms with Crippen molar-refractivity contribution in [1.29, 1.82) is 0 Å². The molecule has 0 bridgehead atoms. The van der Waals surface area contributed by atoms with Crippen molar-refractivity contribution in [3.05, 3.63) is 18.0 Å². The normalized spacial score (nSPS) is 13.5. The summed E-state index contributed by atoms with van der Waals surface area (Å²) in [5.74, 6) is 0.549. The van der Waals surface area contributed by atoms with Crippen LogP contribution in [0.5, 0.6) is 0 Å². The standard InChI is InChI=1S/C7H11BrN2/c1-6(5-8)7-3-4-9-10(7)2/h3-4,6H,5H2,1-2H3. The van der Waals surface area contributed by atoms with Crippen LogP contribution < -0.4 is 0 Å². The lowest BCUT2D eigenvalue weighted by Gasteiger charge is -2.06. The highest BCUT2D eigenvalue weighted by molar-refractivity contribution is 9.09. The van der Waals surface area contributed by atoms with Crippen molar-refractivity contribution in [2.75, 3.05) is 5.33 Å². The maximum Gasteiger partial charge on any atom is 0.0492 e. The average molecular weight is 203 g/mol. The first-order valence-corrected chi connectivity index (χ1v) is 4.41. The molecule has 0 amide bonds. The molecule has 0 saturated heterocycles. The van der Waals surface area contributed by atoms with Crippen LogP contribution in [-0.4, -0.2) is 15.1 Å². The second kappa shape index (κ2) is 3.19. The van der Waals surface area contributed by atoms with Crippen molar-refractivity contribution in [3.8, 4) is 0 Å². The topological polar surface area (TPSA) is 17.8 Å². The Balaban J connectivity index is 2.82. The monoisotopic (exact) mass is 202 g/mol. The van der Waals surface area contributed by atoms with Gasteiger partial charge in [-0.05, 0) is 6.07 Å². The lowest BCUT2D eigenvalue weighted by molar-refractivity contribution is 0.675. The molecule has 0 radical (unpaired) electrons. The van der Waals surface area contributed by atoms with Crippen molar-refractivity contribution in [2.45, 2.75) is 12.8 Å². The van der Waals surface area contributed by atoms with E-state index in [4.69, 9.17) is 0 Å². The SMILES string of the molecule is CC(CBr)c1ccnn1C. The molecule has 1 atom stereocenters. The van der Waals surface area contributed by atoms with Crippen LogP contribution in [0.1, 0.15) is 18.5 Å². The highest BCUT2D eigenvalue weighted by atomic mass is 79.9. The van der Waals surface area contributed by atoms with Gasteiger partial charge in [0.25, 0.3) is 0 Å². The zero-order valence-electron chi connectivity index (χ0n) is 6.21. The first-order valence-electron chi connectivity index (χ1n) is 3.29. The highest BCUT2D eigenvalue weighted by Crippen LogP contribution is 2.15. The number of halogens is 1. The predicted molar refractivity (Wildman–Crippen MR) is 45.4 cm³/mol. The smallest absolute Gasteiger partial charge is 0.0492 e. The van der Waals surface area contributed by atoms with Gasteiger partial charge in [0.1, 0.15) is 0 Å². The van der Waals surface area contributed by atoms with E-state index in [0.29, 0.717) is 5.92 Å². The summed E-state index contributed by atoms with van der Waals surface area (Å²) in [4.78, 5) is 0. The van der Waals surface area contributed by atoms with E-state index in [9.17, 15) is 0 Å². The molecule has 1 unspecified atom stereocenters. The van der Waals surface area contributed by atoms with Gasteiger partial charge in [0.05, 0.1) is 0 Å². The molecule has 0 aromatic carbocycles. The third-order valence-electron chi connectivity index (χ3n) is 1.60. The molecule has 10 heavy (non-hydrogen) atoms. The fourth-order valence-corrected chi connectivity index (χ4v) is 1.28. The van der Waals surface area contributed by atoms with Crippen molar-refractivity contribution in [2.24, 2.45) is 7.05 Å². The van der Waals surface area contributed by atoms with Crippen LogP contribution >= 0.6 is 15.9 Å². The number of alkyl halides is 1.